The van der Waals surface area contributed by atoms with E-state index in [4.69, 9.17) is 4.74 Å². The highest BCUT2D eigenvalue weighted by molar-refractivity contribution is 5.72. The number of unbranched alkanes of at least 4 members (excludes halogenated alkanes) is 13. The minimum Gasteiger partial charge on any atom is -0.427 e. The van der Waals surface area contributed by atoms with Crippen molar-refractivity contribution in [3.63, 3.8) is 0 Å². The molecule has 0 saturated heterocycles. The number of ether oxygens (including phenoxy) is 1. The van der Waals surface area contributed by atoms with E-state index in [1.165, 1.54) is 82.6 Å². The highest BCUT2D eigenvalue weighted by Crippen LogP contribution is 2.17. The van der Waals surface area contributed by atoms with Gasteiger partial charge in [-0.2, -0.15) is 0 Å². The monoisotopic (exact) mass is 388 g/mol. The maximum atomic E-state index is 11.7. The van der Waals surface area contributed by atoms with Crippen LogP contribution in [0.2, 0.25) is 0 Å². The number of carbonyl (C=O) groups is 1. The molecule has 2 nitrogen and oxygen atoms in total. The van der Waals surface area contributed by atoms with Gasteiger partial charge in [0, 0.05) is 6.42 Å². The molecule has 0 heterocycles. The molecule has 1 aromatic carbocycles. The Bertz CT molecular complexity index is 478. The molecule has 0 radical (unpaired) electrons. The Morgan fingerprint density at radius 1 is 0.643 bits per heavy atom. The topological polar surface area (TPSA) is 26.3 Å². The first-order chi connectivity index (χ1) is 13.8. The summed E-state index contributed by atoms with van der Waals surface area (Å²) in [5, 5.41) is 0. The summed E-state index contributed by atoms with van der Waals surface area (Å²) in [6, 6.07) is 8.08. The van der Waals surface area contributed by atoms with Gasteiger partial charge in [0.1, 0.15) is 5.75 Å². The quantitative estimate of drug-likeness (QED) is 0.143. The summed E-state index contributed by atoms with van der Waals surface area (Å²) in [7, 11) is 0. The van der Waals surface area contributed by atoms with Gasteiger partial charge in [0.15, 0.2) is 0 Å². The van der Waals surface area contributed by atoms with Crippen molar-refractivity contribution < 1.29 is 9.53 Å². The van der Waals surface area contributed by atoms with Gasteiger partial charge < -0.3 is 4.74 Å². The molecule has 0 saturated carbocycles. The zero-order chi connectivity index (χ0) is 20.3. The molecule has 0 N–H and O–H groups in total. The molecule has 0 aliphatic carbocycles. The second-order valence-corrected chi connectivity index (χ2v) is 8.21. The van der Waals surface area contributed by atoms with Gasteiger partial charge in [-0.05, 0) is 37.0 Å². The Kier molecular flexibility index (Phi) is 15.7. The van der Waals surface area contributed by atoms with Crippen LogP contribution in [-0.2, 0) is 11.2 Å². The SMILES string of the molecule is CCCCCCCCCCCCCCc1ccc(OC(=O)CCCCC)cc1. The molecule has 0 unspecified atom stereocenters. The predicted octanol–water partition coefficient (Wildman–Crippen LogP) is 8.42. The number of carbonyl (C=O) groups excluding carboxylic acids is 1. The molecule has 0 aliphatic heterocycles. The van der Waals surface area contributed by atoms with Crippen LogP contribution in [0.1, 0.15) is 122 Å². The first kappa shape index (κ1) is 24.7. The number of hydrogen-bond donors (Lipinski definition) is 0. The summed E-state index contributed by atoms with van der Waals surface area (Å²) in [6.07, 6.45) is 21.4. The molecule has 0 spiro atoms. The lowest BCUT2D eigenvalue weighted by Gasteiger charge is -2.06. The van der Waals surface area contributed by atoms with Crippen LogP contribution in [-0.4, -0.2) is 5.97 Å². The van der Waals surface area contributed by atoms with Crippen molar-refractivity contribution in [2.75, 3.05) is 0 Å². The van der Waals surface area contributed by atoms with E-state index in [2.05, 4.69) is 26.0 Å². The molecule has 0 aromatic heterocycles. The van der Waals surface area contributed by atoms with Crippen LogP contribution in [0.5, 0.6) is 5.75 Å². The molecule has 1 aromatic rings. The lowest BCUT2D eigenvalue weighted by Crippen LogP contribution is -2.07. The number of hydrogen-bond acceptors (Lipinski definition) is 2. The normalized spacial score (nSPS) is 10.9. The van der Waals surface area contributed by atoms with Crippen LogP contribution in [0.15, 0.2) is 24.3 Å². The zero-order valence-electron chi connectivity index (χ0n) is 18.6. The Balaban J connectivity index is 1.99. The molecule has 28 heavy (non-hydrogen) atoms. The molecule has 0 bridgehead atoms. The van der Waals surface area contributed by atoms with Crippen molar-refractivity contribution in [1.29, 1.82) is 0 Å². The minimum absolute atomic E-state index is 0.109. The van der Waals surface area contributed by atoms with E-state index in [0.29, 0.717) is 12.2 Å². The molecular weight excluding hydrogens is 344 g/mol. The number of rotatable bonds is 18. The molecular formula is C26H44O2. The molecule has 160 valence electrons. The fraction of sp³-hybridized carbons (Fsp3) is 0.731. The van der Waals surface area contributed by atoms with Gasteiger partial charge in [-0.3, -0.25) is 4.79 Å². The van der Waals surface area contributed by atoms with E-state index < -0.39 is 0 Å². The first-order valence-corrected chi connectivity index (χ1v) is 12.1. The van der Waals surface area contributed by atoms with E-state index >= 15 is 0 Å². The van der Waals surface area contributed by atoms with Crippen LogP contribution in [0.3, 0.4) is 0 Å². The van der Waals surface area contributed by atoms with Gasteiger partial charge in [0.2, 0.25) is 0 Å². The van der Waals surface area contributed by atoms with Crippen molar-refractivity contribution in [3.8, 4) is 5.75 Å². The van der Waals surface area contributed by atoms with Gasteiger partial charge in [0.05, 0.1) is 0 Å². The Hall–Kier alpha value is -1.31. The average molecular weight is 389 g/mol. The predicted molar refractivity (Wildman–Crippen MR) is 121 cm³/mol. The van der Waals surface area contributed by atoms with Crippen LogP contribution < -0.4 is 4.74 Å². The Morgan fingerprint density at radius 2 is 1.11 bits per heavy atom. The van der Waals surface area contributed by atoms with Crippen LogP contribution >= 0.6 is 0 Å². The molecule has 0 amide bonds. The highest BCUT2D eigenvalue weighted by atomic mass is 16.5. The van der Waals surface area contributed by atoms with Gasteiger partial charge in [-0.15, -0.1) is 0 Å². The summed E-state index contributed by atoms with van der Waals surface area (Å²) < 4.78 is 5.39. The number of benzene rings is 1. The van der Waals surface area contributed by atoms with Crippen LogP contribution in [0.25, 0.3) is 0 Å². The van der Waals surface area contributed by atoms with Gasteiger partial charge in [-0.25, -0.2) is 0 Å². The molecule has 2 heteroatoms. The molecule has 0 fully saturated rings. The summed E-state index contributed by atoms with van der Waals surface area (Å²) in [5.41, 5.74) is 1.35. The molecule has 1 rings (SSSR count). The summed E-state index contributed by atoms with van der Waals surface area (Å²) in [6.45, 7) is 4.42. The average Bonchev–Trinajstić information content (AvgIpc) is 2.70. The second kappa shape index (κ2) is 17.8. The zero-order valence-corrected chi connectivity index (χ0v) is 18.6. The largest absolute Gasteiger partial charge is 0.427 e. The van der Waals surface area contributed by atoms with E-state index in [1.54, 1.807) is 0 Å². The second-order valence-electron chi connectivity index (χ2n) is 8.21. The summed E-state index contributed by atoms with van der Waals surface area (Å²) in [5.74, 6) is 0.571. The van der Waals surface area contributed by atoms with E-state index in [9.17, 15) is 4.79 Å². The van der Waals surface area contributed by atoms with Crippen molar-refractivity contribution in [1.82, 2.24) is 0 Å². The van der Waals surface area contributed by atoms with Crippen LogP contribution in [0.4, 0.5) is 0 Å². The third-order valence-electron chi connectivity index (χ3n) is 5.46. The summed E-state index contributed by atoms with van der Waals surface area (Å²) >= 11 is 0. The van der Waals surface area contributed by atoms with Crippen molar-refractivity contribution >= 4 is 5.97 Å². The lowest BCUT2D eigenvalue weighted by molar-refractivity contribution is -0.134. The van der Waals surface area contributed by atoms with E-state index in [1.807, 2.05) is 12.1 Å². The number of aryl methyl sites for hydroxylation is 1. The molecule has 0 aliphatic rings. The van der Waals surface area contributed by atoms with E-state index in [0.717, 1.165) is 25.7 Å². The first-order valence-electron chi connectivity index (χ1n) is 12.1. The number of esters is 1. The lowest BCUT2D eigenvalue weighted by atomic mass is 10.0. The summed E-state index contributed by atoms with van der Waals surface area (Å²) in [4.78, 5) is 11.7. The maximum absolute atomic E-state index is 11.7. The fourth-order valence-corrected chi connectivity index (χ4v) is 3.60. The maximum Gasteiger partial charge on any atom is 0.311 e. The fourth-order valence-electron chi connectivity index (χ4n) is 3.60. The highest BCUT2D eigenvalue weighted by Gasteiger charge is 2.04. The Labute approximate surface area is 174 Å². The molecule has 0 atom stereocenters. The Morgan fingerprint density at radius 3 is 1.64 bits per heavy atom. The van der Waals surface area contributed by atoms with Crippen LogP contribution in [0, 0.1) is 0 Å². The smallest absolute Gasteiger partial charge is 0.311 e. The van der Waals surface area contributed by atoms with Crippen molar-refractivity contribution in [3.05, 3.63) is 29.8 Å². The van der Waals surface area contributed by atoms with Gasteiger partial charge >= 0.3 is 5.97 Å². The minimum atomic E-state index is -0.109. The van der Waals surface area contributed by atoms with Gasteiger partial charge in [0.25, 0.3) is 0 Å². The van der Waals surface area contributed by atoms with E-state index in [-0.39, 0.29) is 5.97 Å². The van der Waals surface area contributed by atoms with Gasteiger partial charge in [-0.1, -0.05) is 109 Å². The third-order valence-corrected chi connectivity index (χ3v) is 5.46. The third kappa shape index (κ3) is 13.8. The van der Waals surface area contributed by atoms with Crippen molar-refractivity contribution in [2.45, 2.75) is 123 Å². The standard InChI is InChI=1S/C26H44O2/c1-3-5-7-8-9-10-11-12-13-14-15-17-18-24-20-22-25(23-21-24)28-26(27)19-16-6-4-2/h20-23H,3-19H2,1-2H3. The van der Waals surface area contributed by atoms with Crippen molar-refractivity contribution in [2.24, 2.45) is 0 Å².